The molecule has 2 saturated carbocycles. The highest BCUT2D eigenvalue weighted by Crippen LogP contribution is 2.43. The smallest absolute Gasteiger partial charge is 0.317 e. The minimum Gasteiger partial charge on any atom is -0.385 e. The maximum absolute atomic E-state index is 13.3. The summed E-state index contributed by atoms with van der Waals surface area (Å²) in [6.45, 7) is 7.57. The van der Waals surface area contributed by atoms with E-state index in [1.54, 1.807) is 25.6 Å². The van der Waals surface area contributed by atoms with Crippen LogP contribution in [0.5, 0.6) is 0 Å². The first-order valence-corrected chi connectivity index (χ1v) is 27.6. The summed E-state index contributed by atoms with van der Waals surface area (Å²) in [5.74, 6) is 1.38. The monoisotopic (exact) mass is 988 g/mol. The average Bonchev–Trinajstić information content (AvgIpc) is 4.04. The Labute approximate surface area is 419 Å². The van der Waals surface area contributed by atoms with Crippen LogP contribution in [0.25, 0.3) is 0 Å². The van der Waals surface area contributed by atoms with Gasteiger partial charge >= 0.3 is 12.1 Å². The molecule has 2 aromatic rings. The largest absolute Gasteiger partial charge is 0.385 e. The number of rotatable bonds is 24. The van der Waals surface area contributed by atoms with E-state index >= 15 is 0 Å². The summed E-state index contributed by atoms with van der Waals surface area (Å²) in [4.78, 5) is 36.1. The summed E-state index contributed by atoms with van der Waals surface area (Å²) in [7, 11) is 7.31. The molecule has 2 aliphatic carbocycles. The van der Waals surface area contributed by atoms with Crippen LogP contribution in [0, 0.1) is 30.6 Å². The Morgan fingerprint density at radius 1 is 0.750 bits per heavy atom. The lowest BCUT2D eigenvalue weighted by atomic mass is 9.74. The summed E-state index contributed by atoms with van der Waals surface area (Å²) < 4.78 is 10.4. The molecule has 4 fully saturated rings. The number of aliphatic hydroxyl groups is 2. The maximum Gasteiger partial charge on any atom is 0.317 e. The van der Waals surface area contributed by atoms with Crippen LogP contribution in [-0.2, 0) is 20.7 Å². The number of benzene rings is 1. The number of carbonyl (C=O) groups excluding carboxylic acids is 2. The number of aromatic nitrogens is 1. The van der Waals surface area contributed by atoms with Gasteiger partial charge in [-0.15, -0.1) is 11.3 Å². The Morgan fingerprint density at radius 2 is 1.25 bits per heavy atom. The first-order valence-electron chi connectivity index (χ1n) is 26.4. The molecule has 0 bridgehead atoms. The predicted octanol–water partition coefficient (Wildman–Crippen LogP) is 9.37. The molecule has 2 saturated heterocycles. The zero-order chi connectivity index (χ0) is 48.8. The number of aryl methyl sites for hydroxylation is 1. The van der Waals surface area contributed by atoms with Crippen LogP contribution in [0.15, 0.2) is 30.5 Å². The number of hydrogen-bond acceptors (Lipinski definition) is 10. The van der Waals surface area contributed by atoms with Gasteiger partial charge in [-0.1, -0.05) is 81.5 Å². The van der Waals surface area contributed by atoms with Gasteiger partial charge in [-0.05, 0) is 128 Å². The number of halogens is 1. The molecule has 4 amide bonds. The van der Waals surface area contributed by atoms with E-state index in [0.717, 1.165) is 106 Å². The Kier molecular flexibility index (Phi) is 24.6. The van der Waals surface area contributed by atoms with E-state index in [1.165, 1.54) is 57.8 Å². The highest BCUT2D eigenvalue weighted by molar-refractivity contribution is 7.11. The minimum absolute atomic E-state index is 0.00391. The number of unbranched alkanes of at least 4 members (excludes halogenated alkanes) is 2. The van der Waals surface area contributed by atoms with Gasteiger partial charge in [-0.3, -0.25) is 0 Å². The third kappa shape index (κ3) is 17.3. The number of ether oxygens (including phenoxy) is 2. The van der Waals surface area contributed by atoms with Crippen LogP contribution in [0.1, 0.15) is 150 Å². The van der Waals surface area contributed by atoms with Crippen molar-refractivity contribution in [3.63, 3.8) is 0 Å². The highest BCUT2D eigenvalue weighted by Gasteiger charge is 2.44. The molecule has 0 unspecified atom stereocenters. The fraction of sp³-hybridized carbons (Fsp3) is 0.792. The molecule has 6 rings (SSSR count). The standard InChI is InChI=1S/C27H44ClN3O3.C26H46N4O3S/c1-29-19-25(17-21-9-3-4-10-21)30-26(32)31-15-8-12-23(20-31)27(33,14-5-6-16-34-2)22-11-7-13-24(28)18-22;1-20-17-28-24(34-20)26(32,13-7-8-15-33-3)22-12-9-14-30(19-22)25(31)29-23(18-27-2)16-21-10-5-4-6-11-21/h7,11,13,18,21,23,25,29,33H,3-6,8-10,12,14-17,19-20H2,1-2H3,(H,30,32);17,21-23,27,32H,4-16,18-19H2,1-3H3,(H,29,31)/t23-,25+,27-;22-,23+,26+/m11/s1. The van der Waals surface area contributed by atoms with Crippen LogP contribution in [0.3, 0.4) is 0 Å². The third-order valence-corrected chi connectivity index (χ3v) is 16.7. The van der Waals surface area contributed by atoms with Gasteiger partial charge in [-0.2, -0.15) is 0 Å². The Bertz CT molecular complexity index is 1750. The molecule has 68 heavy (non-hydrogen) atoms. The molecule has 6 atom stereocenters. The molecule has 2 aliphatic heterocycles. The average molecular weight is 989 g/mol. The highest BCUT2D eigenvalue weighted by atomic mass is 35.5. The molecule has 4 aliphatic rings. The van der Waals surface area contributed by atoms with Crippen LogP contribution in [0.4, 0.5) is 9.59 Å². The lowest BCUT2D eigenvalue weighted by Gasteiger charge is -2.43. The molecular formula is C53H90ClN7O6S. The van der Waals surface area contributed by atoms with Gasteiger partial charge in [0.25, 0.3) is 0 Å². The number of nitrogens with zero attached hydrogens (tertiary/aromatic N) is 3. The predicted molar refractivity (Wildman–Crippen MR) is 276 cm³/mol. The van der Waals surface area contributed by atoms with Crippen molar-refractivity contribution < 1.29 is 29.3 Å². The van der Waals surface area contributed by atoms with Crippen molar-refractivity contribution in [2.45, 2.75) is 165 Å². The summed E-state index contributed by atoms with van der Waals surface area (Å²) in [5.41, 5.74) is -1.18. The van der Waals surface area contributed by atoms with Crippen molar-refractivity contribution in [2.75, 3.05) is 80.8 Å². The van der Waals surface area contributed by atoms with E-state index in [2.05, 4.69) is 26.3 Å². The number of likely N-dealkylation sites (N-methyl/N-ethyl adjacent to an activating group) is 2. The fourth-order valence-corrected chi connectivity index (χ4v) is 12.8. The van der Waals surface area contributed by atoms with Crippen molar-refractivity contribution in [3.8, 4) is 0 Å². The van der Waals surface area contributed by atoms with Crippen molar-refractivity contribution in [3.05, 3.63) is 50.9 Å². The molecule has 13 nitrogen and oxygen atoms in total. The molecule has 1 aromatic carbocycles. The summed E-state index contributed by atoms with van der Waals surface area (Å²) in [6.07, 6.45) is 24.0. The number of thiazole rings is 1. The summed E-state index contributed by atoms with van der Waals surface area (Å²) in [6, 6.07) is 7.87. The van der Waals surface area contributed by atoms with Gasteiger partial charge in [0.15, 0.2) is 0 Å². The first-order chi connectivity index (χ1) is 32.9. The number of amides is 4. The lowest BCUT2D eigenvalue weighted by molar-refractivity contribution is -0.0567. The number of methoxy groups -OCH3 is 2. The lowest BCUT2D eigenvalue weighted by Crippen LogP contribution is -2.54. The van der Waals surface area contributed by atoms with Crippen LogP contribution in [-0.4, -0.2) is 130 Å². The number of nitrogens with one attached hydrogen (secondary N) is 4. The van der Waals surface area contributed by atoms with E-state index in [9.17, 15) is 19.8 Å². The number of urea groups is 2. The van der Waals surface area contributed by atoms with Gasteiger partial charge < -0.3 is 50.8 Å². The Balaban J connectivity index is 0.000000254. The normalized spacial score (nSPS) is 22.1. The Morgan fingerprint density at radius 3 is 1.72 bits per heavy atom. The topological polar surface area (TPSA) is 161 Å². The summed E-state index contributed by atoms with van der Waals surface area (Å²) >= 11 is 7.88. The quantitative estimate of drug-likeness (QED) is 0.0564. The molecule has 1 aromatic heterocycles. The van der Waals surface area contributed by atoms with Crippen molar-refractivity contribution in [1.82, 2.24) is 36.1 Å². The second-order valence-electron chi connectivity index (χ2n) is 20.6. The third-order valence-electron chi connectivity index (χ3n) is 15.4. The minimum atomic E-state index is -1.02. The molecule has 15 heteroatoms. The molecular weight excluding hydrogens is 898 g/mol. The Hall–Kier alpha value is -2.56. The van der Waals surface area contributed by atoms with Crippen molar-refractivity contribution in [2.24, 2.45) is 23.7 Å². The van der Waals surface area contributed by atoms with E-state index in [0.29, 0.717) is 56.0 Å². The van der Waals surface area contributed by atoms with Gasteiger partial charge in [0.05, 0.1) is 5.60 Å². The van der Waals surface area contributed by atoms with Gasteiger partial charge in [0.2, 0.25) is 0 Å². The first kappa shape index (κ1) is 56.4. The van der Waals surface area contributed by atoms with Gasteiger partial charge in [0, 0.05) is 107 Å². The SMILES string of the molecule is CNC[C@H](CC1CCCC1)NC(=O)N1CCC[C@@H]([C@@](O)(CCCCOC)c2cccc(Cl)c2)C1.CNC[C@H](CC1CCCCC1)NC(=O)N1CCC[C@@H]([C@@](O)(CCCCOC)c2ncc(C)s2)C1. The molecule has 386 valence electrons. The zero-order valence-electron chi connectivity index (χ0n) is 42.5. The number of likely N-dealkylation sites (tertiary alicyclic amines) is 2. The van der Waals surface area contributed by atoms with Crippen molar-refractivity contribution >= 4 is 35.0 Å². The van der Waals surface area contributed by atoms with Crippen LogP contribution in [0.2, 0.25) is 5.02 Å². The molecule has 0 spiro atoms. The van der Waals surface area contributed by atoms with E-state index < -0.39 is 11.2 Å². The van der Waals surface area contributed by atoms with Crippen molar-refractivity contribution in [1.29, 1.82) is 0 Å². The van der Waals surface area contributed by atoms with E-state index in [1.807, 2.05) is 61.3 Å². The number of hydrogen-bond donors (Lipinski definition) is 6. The van der Waals surface area contributed by atoms with E-state index in [-0.39, 0.29) is 36.0 Å². The molecule has 0 radical (unpaired) electrons. The number of piperidine rings is 2. The zero-order valence-corrected chi connectivity index (χ0v) is 44.1. The van der Waals surface area contributed by atoms with E-state index in [4.69, 9.17) is 21.1 Å². The summed E-state index contributed by atoms with van der Waals surface area (Å²) in [5, 5.41) is 38.5. The molecule has 3 heterocycles. The number of carbonyl (C=O) groups is 2. The van der Waals surface area contributed by atoms with Gasteiger partial charge in [0.1, 0.15) is 10.6 Å². The van der Waals surface area contributed by atoms with Gasteiger partial charge in [-0.25, -0.2) is 14.6 Å². The molecule has 6 N–H and O–H groups in total. The second-order valence-corrected chi connectivity index (χ2v) is 22.3. The fourth-order valence-electron chi connectivity index (χ4n) is 11.7. The second kappa shape index (κ2) is 29.7. The van der Waals surface area contributed by atoms with Crippen LogP contribution >= 0.6 is 22.9 Å². The van der Waals surface area contributed by atoms with Crippen LogP contribution < -0.4 is 21.3 Å². The maximum atomic E-state index is 13.3.